The summed E-state index contributed by atoms with van der Waals surface area (Å²) >= 11 is 0. The van der Waals surface area contributed by atoms with Crippen LogP contribution in [0.2, 0.25) is 0 Å². The molecule has 1 fully saturated rings. The molecule has 1 heterocycles. The van der Waals surface area contributed by atoms with Gasteiger partial charge in [-0.2, -0.15) is 0 Å². The Labute approximate surface area is 108 Å². The lowest BCUT2D eigenvalue weighted by Crippen LogP contribution is -2.45. The highest BCUT2D eigenvalue weighted by atomic mass is 19.1. The van der Waals surface area contributed by atoms with Gasteiger partial charge < -0.3 is 5.32 Å². The van der Waals surface area contributed by atoms with Gasteiger partial charge in [0.25, 0.3) is 0 Å². The number of piperazine rings is 1. The zero-order valence-corrected chi connectivity index (χ0v) is 10.7. The number of allylic oxidation sites excluding steroid dienone is 1. The molecule has 1 aromatic carbocycles. The van der Waals surface area contributed by atoms with Crippen molar-refractivity contribution in [2.24, 2.45) is 0 Å². The molecule has 1 atom stereocenters. The van der Waals surface area contributed by atoms with Crippen LogP contribution in [0.4, 0.5) is 4.39 Å². The first-order valence-electron chi connectivity index (χ1n) is 6.63. The highest BCUT2D eigenvalue weighted by molar-refractivity contribution is 5.21. The van der Waals surface area contributed by atoms with E-state index in [-0.39, 0.29) is 11.9 Å². The lowest BCUT2D eigenvalue weighted by molar-refractivity contribution is 0.163. The molecule has 0 spiro atoms. The van der Waals surface area contributed by atoms with Crippen molar-refractivity contribution in [3.63, 3.8) is 0 Å². The second-order valence-electron chi connectivity index (χ2n) is 4.69. The molecule has 98 valence electrons. The number of halogens is 1. The number of hydrogen-bond donors (Lipinski definition) is 1. The number of hydrogen-bond acceptors (Lipinski definition) is 2. The van der Waals surface area contributed by atoms with Gasteiger partial charge in [-0.05, 0) is 18.9 Å². The Hall–Kier alpha value is -1.19. The summed E-state index contributed by atoms with van der Waals surface area (Å²) in [6.07, 6.45) is 3.77. The molecule has 3 heteroatoms. The second-order valence-corrected chi connectivity index (χ2v) is 4.69. The number of nitrogens with zero attached hydrogens (tertiary/aromatic N) is 1. The fourth-order valence-corrected chi connectivity index (χ4v) is 2.55. The Kier molecular flexibility index (Phi) is 4.90. The molecule has 0 unspecified atom stereocenters. The van der Waals surface area contributed by atoms with E-state index in [1.165, 1.54) is 0 Å². The molecule has 2 rings (SSSR count). The molecular formula is C15H21FN2. The first-order valence-corrected chi connectivity index (χ1v) is 6.63. The Bertz CT molecular complexity index is 386. The first kappa shape index (κ1) is 13.2. The van der Waals surface area contributed by atoms with Crippen LogP contribution in [-0.2, 0) is 0 Å². The average molecular weight is 248 g/mol. The van der Waals surface area contributed by atoms with E-state index in [0.717, 1.165) is 44.6 Å². The van der Waals surface area contributed by atoms with E-state index in [2.05, 4.69) is 16.8 Å². The third-order valence-electron chi connectivity index (χ3n) is 3.50. The number of nitrogens with one attached hydrogen (secondary N) is 1. The van der Waals surface area contributed by atoms with Crippen LogP contribution in [0.25, 0.3) is 0 Å². The lowest BCUT2D eigenvalue weighted by atomic mass is 9.99. The minimum atomic E-state index is -0.0925. The van der Waals surface area contributed by atoms with E-state index in [0.29, 0.717) is 0 Å². The van der Waals surface area contributed by atoms with Crippen LogP contribution in [0.15, 0.2) is 36.9 Å². The highest BCUT2D eigenvalue weighted by Crippen LogP contribution is 2.28. The van der Waals surface area contributed by atoms with Crippen LogP contribution >= 0.6 is 0 Å². The maximum Gasteiger partial charge on any atom is 0.127 e. The van der Waals surface area contributed by atoms with Gasteiger partial charge in [-0.25, -0.2) is 4.39 Å². The molecule has 1 saturated heterocycles. The molecule has 18 heavy (non-hydrogen) atoms. The Morgan fingerprint density at radius 2 is 2.06 bits per heavy atom. The van der Waals surface area contributed by atoms with Gasteiger partial charge in [-0.1, -0.05) is 24.3 Å². The normalized spacial score (nSPS) is 18.5. The Morgan fingerprint density at radius 3 is 2.72 bits per heavy atom. The third kappa shape index (κ3) is 3.18. The molecule has 0 aromatic heterocycles. The zero-order valence-electron chi connectivity index (χ0n) is 10.7. The van der Waals surface area contributed by atoms with Crippen molar-refractivity contribution >= 4 is 0 Å². The molecule has 1 aromatic rings. The summed E-state index contributed by atoms with van der Waals surface area (Å²) in [4.78, 5) is 2.37. The predicted molar refractivity (Wildman–Crippen MR) is 73.0 cm³/mol. The van der Waals surface area contributed by atoms with Crippen molar-refractivity contribution in [2.45, 2.75) is 18.9 Å². The van der Waals surface area contributed by atoms with E-state index >= 15 is 0 Å². The van der Waals surface area contributed by atoms with Crippen molar-refractivity contribution in [1.29, 1.82) is 0 Å². The summed E-state index contributed by atoms with van der Waals surface area (Å²) in [5.74, 6) is -0.0925. The summed E-state index contributed by atoms with van der Waals surface area (Å²) in [5.41, 5.74) is 0.821. The van der Waals surface area contributed by atoms with Crippen LogP contribution < -0.4 is 5.32 Å². The van der Waals surface area contributed by atoms with Gasteiger partial charge in [0.05, 0.1) is 0 Å². The summed E-state index contributed by atoms with van der Waals surface area (Å²) in [6.45, 7) is 7.70. The van der Waals surface area contributed by atoms with E-state index in [1.807, 2.05) is 18.2 Å². The zero-order chi connectivity index (χ0) is 12.8. The Morgan fingerprint density at radius 1 is 1.33 bits per heavy atom. The van der Waals surface area contributed by atoms with Crippen LogP contribution in [0.1, 0.15) is 24.4 Å². The molecular weight excluding hydrogens is 227 g/mol. The first-order chi connectivity index (χ1) is 8.83. The van der Waals surface area contributed by atoms with Crippen molar-refractivity contribution in [2.75, 3.05) is 26.2 Å². The molecule has 0 bridgehead atoms. The van der Waals surface area contributed by atoms with Gasteiger partial charge >= 0.3 is 0 Å². The summed E-state index contributed by atoms with van der Waals surface area (Å²) < 4.78 is 14.0. The average Bonchev–Trinajstić information content (AvgIpc) is 2.42. The van der Waals surface area contributed by atoms with Gasteiger partial charge in [0.1, 0.15) is 5.82 Å². The SMILES string of the molecule is C=CCC[C@@H](c1ccccc1F)N1CCNCC1. The van der Waals surface area contributed by atoms with Crippen molar-refractivity contribution in [3.05, 3.63) is 48.3 Å². The summed E-state index contributed by atoms with van der Waals surface area (Å²) in [7, 11) is 0. The maximum atomic E-state index is 14.0. The molecule has 1 aliphatic rings. The van der Waals surface area contributed by atoms with E-state index in [1.54, 1.807) is 12.1 Å². The monoisotopic (exact) mass is 248 g/mol. The molecule has 0 radical (unpaired) electrons. The van der Waals surface area contributed by atoms with Crippen LogP contribution in [0, 0.1) is 5.82 Å². The van der Waals surface area contributed by atoms with Crippen LogP contribution in [-0.4, -0.2) is 31.1 Å². The topological polar surface area (TPSA) is 15.3 Å². The number of rotatable bonds is 5. The fourth-order valence-electron chi connectivity index (χ4n) is 2.55. The van der Waals surface area contributed by atoms with E-state index < -0.39 is 0 Å². The molecule has 0 amide bonds. The molecule has 2 nitrogen and oxygen atoms in total. The van der Waals surface area contributed by atoms with Gasteiger partial charge in [0.15, 0.2) is 0 Å². The molecule has 0 saturated carbocycles. The van der Waals surface area contributed by atoms with Crippen molar-refractivity contribution in [1.82, 2.24) is 10.2 Å². The van der Waals surface area contributed by atoms with E-state index in [9.17, 15) is 4.39 Å². The molecule has 0 aliphatic carbocycles. The van der Waals surface area contributed by atoms with Gasteiger partial charge in [-0.15, -0.1) is 6.58 Å². The van der Waals surface area contributed by atoms with Gasteiger partial charge in [-0.3, -0.25) is 4.90 Å². The third-order valence-corrected chi connectivity index (χ3v) is 3.50. The standard InChI is InChI=1S/C15H21FN2/c1-2-3-8-15(18-11-9-17-10-12-18)13-6-4-5-7-14(13)16/h2,4-7,15,17H,1,3,8-12H2/t15-/m0/s1. The largest absolute Gasteiger partial charge is 0.314 e. The quantitative estimate of drug-likeness (QED) is 0.806. The second kappa shape index (κ2) is 6.66. The minimum absolute atomic E-state index is 0.0925. The summed E-state index contributed by atoms with van der Waals surface area (Å²) in [5, 5.41) is 3.34. The maximum absolute atomic E-state index is 14.0. The van der Waals surface area contributed by atoms with Crippen LogP contribution in [0.3, 0.4) is 0 Å². The van der Waals surface area contributed by atoms with Gasteiger partial charge in [0, 0.05) is 37.8 Å². The smallest absolute Gasteiger partial charge is 0.127 e. The number of benzene rings is 1. The van der Waals surface area contributed by atoms with Crippen molar-refractivity contribution in [3.8, 4) is 0 Å². The highest BCUT2D eigenvalue weighted by Gasteiger charge is 2.23. The fraction of sp³-hybridized carbons (Fsp3) is 0.467. The summed E-state index contributed by atoms with van der Waals surface area (Å²) in [6, 6.07) is 7.30. The molecule has 1 aliphatic heterocycles. The van der Waals surface area contributed by atoms with Crippen molar-refractivity contribution < 1.29 is 4.39 Å². The minimum Gasteiger partial charge on any atom is -0.314 e. The van der Waals surface area contributed by atoms with Gasteiger partial charge in [0.2, 0.25) is 0 Å². The lowest BCUT2D eigenvalue weighted by Gasteiger charge is -2.35. The molecule has 1 N–H and O–H groups in total. The predicted octanol–water partition coefficient (Wildman–Crippen LogP) is 2.74. The Balaban J connectivity index is 2.18. The van der Waals surface area contributed by atoms with Crippen LogP contribution in [0.5, 0.6) is 0 Å². The van der Waals surface area contributed by atoms with E-state index in [4.69, 9.17) is 0 Å².